The minimum atomic E-state index is -0.796. The summed E-state index contributed by atoms with van der Waals surface area (Å²) in [5.74, 6) is -1.30. The third-order valence-electron chi connectivity index (χ3n) is 1.88. The lowest BCUT2D eigenvalue weighted by atomic mass is 10.1. The molecule has 0 bridgehead atoms. The van der Waals surface area contributed by atoms with Gasteiger partial charge in [0.1, 0.15) is 24.1 Å². The summed E-state index contributed by atoms with van der Waals surface area (Å²) in [5.41, 5.74) is -0.0865. The Morgan fingerprint density at radius 1 is 1.53 bits per heavy atom. The maximum Gasteiger partial charge on any atom is 0.349 e. The molecule has 0 aliphatic carbocycles. The van der Waals surface area contributed by atoms with Gasteiger partial charge in [0.25, 0.3) is 0 Å². The van der Waals surface area contributed by atoms with Gasteiger partial charge in [-0.15, -0.1) is 0 Å². The van der Waals surface area contributed by atoms with Crippen molar-refractivity contribution in [3.8, 4) is 6.07 Å². The number of nitriles is 1. The Balaban J connectivity index is 2.95. The van der Waals surface area contributed by atoms with Crippen molar-refractivity contribution in [2.24, 2.45) is 0 Å². The van der Waals surface area contributed by atoms with Crippen molar-refractivity contribution in [3.05, 3.63) is 53.9 Å². The largest absolute Gasteiger partial charge is 0.457 e. The Kier molecular flexibility index (Phi) is 4.64. The zero-order valence-corrected chi connectivity index (χ0v) is 9.02. The maximum absolute atomic E-state index is 13.3. The van der Waals surface area contributed by atoms with E-state index < -0.39 is 11.8 Å². The Labute approximate surface area is 98.4 Å². The second-order valence-corrected chi connectivity index (χ2v) is 3.08. The topological polar surface area (TPSA) is 50.1 Å². The fourth-order valence-corrected chi connectivity index (χ4v) is 1.10. The number of esters is 1. The van der Waals surface area contributed by atoms with Crippen molar-refractivity contribution >= 4 is 12.0 Å². The molecule has 0 saturated carbocycles. The predicted molar refractivity (Wildman–Crippen MR) is 61.1 cm³/mol. The molecule has 0 aliphatic heterocycles. The van der Waals surface area contributed by atoms with Gasteiger partial charge >= 0.3 is 5.97 Å². The molecule has 0 heterocycles. The molecular formula is C13H10FNO2. The van der Waals surface area contributed by atoms with E-state index in [2.05, 4.69) is 11.3 Å². The number of carbonyl (C=O) groups is 1. The maximum atomic E-state index is 13.3. The van der Waals surface area contributed by atoms with Gasteiger partial charge in [0.15, 0.2) is 0 Å². The highest BCUT2D eigenvalue weighted by atomic mass is 19.1. The lowest BCUT2D eigenvalue weighted by molar-refractivity contribution is -0.137. The van der Waals surface area contributed by atoms with Gasteiger partial charge in [-0.1, -0.05) is 30.9 Å². The lowest BCUT2D eigenvalue weighted by Gasteiger charge is -2.00. The van der Waals surface area contributed by atoms with Crippen LogP contribution in [-0.4, -0.2) is 12.6 Å². The summed E-state index contributed by atoms with van der Waals surface area (Å²) in [6.07, 6.45) is 2.54. The minimum Gasteiger partial charge on any atom is -0.457 e. The summed E-state index contributed by atoms with van der Waals surface area (Å²) >= 11 is 0. The van der Waals surface area contributed by atoms with E-state index in [1.807, 2.05) is 0 Å². The number of ether oxygens (including phenoxy) is 1. The van der Waals surface area contributed by atoms with E-state index in [1.165, 1.54) is 24.3 Å². The summed E-state index contributed by atoms with van der Waals surface area (Å²) in [7, 11) is 0. The summed E-state index contributed by atoms with van der Waals surface area (Å²) in [4.78, 5) is 11.4. The Hall–Kier alpha value is -2.41. The lowest BCUT2D eigenvalue weighted by Crippen LogP contribution is -2.06. The standard InChI is InChI=1S/C13H10FNO2/c1-2-7-17-13(16)11(9-15)8-10-5-3-4-6-12(10)14/h2-6,8H,1,7H2/b11-8-. The molecule has 3 nitrogen and oxygen atoms in total. The van der Waals surface area contributed by atoms with Crippen molar-refractivity contribution < 1.29 is 13.9 Å². The first-order valence-electron chi connectivity index (χ1n) is 4.83. The Morgan fingerprint density at radius 2 is 2.24 bits per heavy atom. The zero-order chi connectivity index (χ0) is 12.7. The Morgan fingerprint density at radius 3 is 2.82 bits per heavy atom. The van der Waals surface area contributed by atoms with Gasteiger partial charge in [-0.05, 0) is 12.1 Å². The molecule has 0 unspecified atom stereocenters. The molecule has 0 saturated heterocycles. The molecule has 1 rings (SSSR count). The number of nitrogens with zero attached hydrogens (tertiary/aromatic N) is 1. The molecule has 0 fully saturated rings. The van der Waals surface area contributed by atoms with Gasteiger partial charge in [-0.2, -0.15) is 5.26 Å². The first-order valence-corrected chi connectivity index (χ1v) is 4.83. The van der Waals surface area contributed by atoms with E-state index in [0.717, 1.165) is 6.08 Å². The molecular weight excluding hydrogens is 221 g/mol. The molecule has 1 aromatic rings. The van der Waals surface area contributed by atoms with Crippen molar-refractivity contribution in [1.29, 1.82) is 5.26 Å². The van der Waals surface area contributed by atoms with Crippen LogP contribution in [0.15, 0.2) is 42.5 Å². The molecule has 0 atom stereocenters. The number of hydrogen-bond acceptors (Lipinski definition) is 3. The van der Waals surface area contributed by atoms with Crippen LogP contribution in [0.5, 0.6) is 0 Å². The highest BCUT2D eigenvalue weighted by Crippen LogP contribution is 2.12. The molecule has 0 radical (unpaired) electrons. The molecule has 0 aliphatic rings. The monoisotopic (exact) mass is 231 g/mol. The fraction of sp³-hybridized carbons (Fsp3) is 0.0769. The number of carbonyl (C=O) groups excluding carboxylic acids is 1. The van der Waals surface area contributed by atoms with Gasteiger partial charge in [0.2, 0.25) is 0 Å². The van der Waals surface area contributed by atoms with Crippen molar-refractivity contribution in [2.45, 2.75) is 0 Å². The van der Waals surface area contributed by atoms with Crippen LogP contribution >= 0.6 is 0 Å². The number of rotatable bonds is 4. The quantitative estimate of drug-likeness (QED) is 0.346. The predicted octanol–water partition coefficient (Wildman–Crippen LogP) is 2.46. The smallest absolute Gasteiger partial charge is 0.349 e. The number of halogens is 1. The van der Waals surface area contributed by atoms with Gasteiger partial charge in [-0.25, -0.2) is 9.18 Å². The highest BCUT2D eigenvalue weighted by Gasteiger charge is 2.10. The fourth-order valence-electron chi connectivity index (χ4n) is 1.10. The number of hydrogen-bond donors (Lipinski definition) is 0. The molecule has 0 N–H and O–H groups in total. The van der Waals surface area contributed by atoms with E-state index in [0.29, 0.717) is 0 Å². The van der Waals surface area contributed by atoms with Crippen LogP contribution in [-0.2, 0) is 9.53 Å². The molecule has 4 heteroatoms. The van der Waals surface area contributed by atoms with Crippen LogP contribution in [0.25, 0.3) is 6.08 Å². The summed E-state index contributed by atoms with van der Waals surface area (Å²) < 4.78 is 18.0. The second-order valence-electron chi connectivity index (χ2n) is 3.08. The first-order chi connectivity index (χ1) is 8.19. The van der Waals surface area contributed by atoms with E-state index in [4.69, 9.17) is 5.26 Å². The minimum absolute atomic E-state index is 0.00905. The van der Waals surface area contributed by atoms with Crippen molar-refractivity contribution in [2.75, 3.05) is 6.61 Å². The average Bonchev–Trinajstić information content (AvgIpc) is 2.35. The molecule has 1 aromatic carbocycles. The summed E-state index contributed by atoms with van der Waals surface area (Å²) in [6, 6.07) is 7.52. The van der Waals surface area contributed by atoms with Crippen LogP contribution in [0.4, 0.5) is 4.39 Å². The zero-order valence-electron chi connectivity index (χ0n) is 9.02. The third kappa shape index (κ3) is 3.58. The molecule has 0 amide bonds. The van der Waals surface area contributed by atoms with E-state index in [9.17, 15) is 9.18 Å². The first kappa shape index (κ1) is 12.7. The second kappa shape index (κ2) is 6.23. The van der Waals surface area contributed by atoms with E-state index in [1.54, 1.807) is 12.1 Å². The SMILES string of the molecule is C=CCOC(=O)/C(C#N)=C\c1ccccc1F. The van der Waals surface area contributed by atoms with Crippen LogP contribution < -0.4 is 0 Å². The molecule has 0 aromatic heterocycles. The average molecular weight is 231 g/mol. The van der Waals surface area contributed by atoms with Crippen LogP contribution in [0.3, 0.4) is 0 Å². The number of benzene rings is 1. The normalized spacial score (nSPS) is 10.5. The van der Waals surface area contributed by atoms with Gasteiger partial charge in [0.05, 0.1) is 0 Å². The summed E-state index contributed by atoms with van der Waals surface area (Å²) in [6.45, 7) is 3.39. The third-order valence-corrected chi connectivity index (χ3v) is 1.88. The summed E-state index contributed by atoms with van der Waals surface area (Å²) in [5, 5.41) is 8.78. The van der Waals surface area contributed by atoms with Crippen molar-refractivity contribution in [3.63, 3.8) is 0 Å². The van der Waals surface area contributed by atoms with Crippen LogP contribution in [0.1, 0.15) is 5.56 Å². The van der Waals surface area contributed by atoms with E-state index in [-0.39, 0.29) is 17.7 Å². The van der Waals surface area contributed by atoms with E-state index >= 15 is 0 Å². The van der Waals surface area contributed by atoms with Crippen molar-refractivity contribution in [1.82, 2.24) is 0 Å². The Bertz CT molecular complexity index is 500. The van der Waals surface area contributed by atoms with Gasteiger partial charge in [0, 0.05) is 5.56 Å². The molecule has 17 heavy (non-hydrogen) atoms. The van der Waals surface area contributed by atoms with Crippen LogP contribution in [0, 0.1) is 17.1 Å². The molecule has 0 spiro atoms. The highest BCUT2D eigenvalue weighted by molar-refractivity contribution is 5.97. The van der Waals surface area contributed by atoms with Gasteiger partial charge in [-0.3, -0.25) is 0 Å². The van der Waals surface area contributed by atoms with Crippen LogP contribution in [0.2, 0.25) is 0 Å². The van der Waals surface area contributed by atoms with Gasteiger partial charge < -0.3 is 4.74 Å². The molecule has 86 valence electrons.